The fourth-order valence-corrected chi connectivity index (χ4v) is 2.95. The number of nitrogens with one attached hydrogen (secondary N) is 1. The Labute approximate surface area is 131 Å². The summed E-state index contributed by atoms with van der Waals surface area (Å²) in [5.41, 5.74) is 6.22. The van der Waals surface area contributed by atoms with Gasteiger partial charge in [0.25, 0.3) is 5.91 Å². The first-order valence-corrected chi connectivity index (χ1v) is 7.62. The minimum absolute atomic E-state index is 0.0989. The van der Waals surface area contributed by atoms with E-state index in [4.69, 9.17) is 5.73 Å². The molecular formula is C14H17N7O2. The van der Waals surface area contributed by atoms with Crippen LogP contribution in [0.5, 0.6) is 0 Å². The number of aromatic amines is 1. The normalized spacial score (nSPS) is 21.2. The zero-order valence-electron chi connectivity index (χ0n) is 12.7. The number of likely N-dealkylation sites (N-methyl/N-ethyl adjacent to an activating group) is 1. The van der Waals surface area contributed by atoms with E-state index in [1.807, 2.05) is 10.7 Å². The molecule has 2 aromatic rings. The first-order valence-electron chi connectivity index (χ1n) is 7.62. The number of aryl methyl sites for hydroxylation is 1. The number of fused-ring (bicyclic) bond motifs is 1. The van der Waals surface area contributed by atoms with Gasteiger partial charge in [0, 0.05) is 25.6 Å². The number of rotatable bonds is 3. The quantitative estimate of drug-likeness (QED) is 0.833. The number of hydrogen-bond acceptors (Lipinski definition) is 5. The molecule has 4 rings (SSSR count). The summed E-state index contributed by atoms with van der Waals surface area (Å²) in [6.45, 7) is 0.607. The molecule has 1 saturated carbocycles. The molecule has 1 aliphatic carbocycles. The van der Waals surface area contributed by atoms with Crippen LogP contribution in [0, 0.1) is 0 Å². The molecule has 9 nitrogen and oxygen atoms in total. The van der Waals surface area contributed by atoms with E-state index in [-0.39, 0.29) is 11.7 Å². The highest BCUT2D eigenvalue weighted by molar-refractivity contribution is 5.97. The maximum atomic E-state index is 12.8. The summed E-state index contributed by atoms with van der Waals surface area (Å²) >= 11 is 0. The third-order valence-electron chi connectivity index (χ3n) is 4.43. The van der Waals surface area contributed by atoms with Crippen molar-refractivity contribution in [3.05, 3.63) is 23.4 Å². The molecule has 0 radical (unpaired) electrons. The first-order chi connectivity index (χ1) is 11.0. The maximum absolute atomic E-state index is 12.8. The van der Waals surface area contributed by atoms with Crippen molar-refractivity contribution in [3.63, 3.8) is 0 Å². The van der Waals surface area contributed by atoms with Gasteiger partial charge in [0.15, 0.2) is 0 Å². The van der Waals surface area contributed by atoms with E-state index in [2.05, 4.69) is 20.3 Å². The Morgan fingerprint density at radius 1 is 1.39 bits per heavy atom. The fourth-order valence-electron chi connectivity index (χ4n) is 2.95. The molecule has 0 saturated heterocycles. The summed E-state index contributed by atoms with van der Waals surface area (Å²) < 4.78 is 1.87. The Balaban J connectivity index is 1.63. The SMILES string of the molecule is CN1C(=O)[C@H](c2nc(C(N)=O)n[nH]2)CCn2nc(C3CC3)cc21. The lowest BCUT2D eigenvalue weighted by Crippen LogP contribution is -2.31. The van der Waals surface area contributed by atoms with Crippen molar-refractivity contribution in [2.45, 2.75) is 37.6 Å². The van der Waals surface area contributed by atoms with E-state index >= 15 is 0 Å². The van der Waals surface area contributed by atoms with Gasteiger partial charge in [0.05, 0.1) is 11.6 Å². The molecule has 0 bridgehead atoms. The van der Waals surface area contributed by atoms with Crippen LogP contribution in [0.1, 0.15) is 53.2 Å². The van der Waals surface area contributed by atoms with Crippen LogP contribution in [0.15, 0.2) is 6.07 Å². The summed E-state index contributed by atoms with van der Waals surface area (Å²) in [4.78, 5) is 29.5. The second kappa shape index (κ2) is 4.90. The van der Waals surface area contributed by atoms with Crippen LogP contribution in [0.4, 0.5) is 5.82 Å². The number of nitrogens with two attached hydrogens (primary N) is 1. The van der Waals surface area contributed by atoms with Crippen LogP contribution < -0.4 is 10.6 Å². The van der Waals surface area contributed by atoms with Gasteiger partial charge in [-0.1, -0.05) is 0 Å². The number of anilines is 1. The minimum atomic E-state index is -0.719. The first kappa shape index (κ1) is 13.9. The highest BCUT2D eigenvalue weighted by Gasteiger charge is 2.35. The molecule has 2 amide bonds. The average Bonchev–Trinajstić information content (AvgIpc) is 3.13. The number of primary amides is 1. The van der Waals surface area contributed by atoms with Gasteiger partial charge in [-0.2, -0.15) is 5.10 Å². The lowest BCUT2D eigenvalue weighted by atomic mass is 10.0. The van der Waals surface area contributed by atoms with Crippen molar-refractivity contribution in [1.82, 2.24) is 25.0 Å². The summed E-state index contributed by atoms with van der Waals surface area (Å²) in [6.07, 6.45) is 2.88. The smallest absolute Gasteiger partial charge is 0.288 e. The predicted octanol–water partition coefficient (Wildman–Crippen LogP) is 0.128. The molecule has 3 N–H and O–H groups in total. The zero-order chi connectivity index (χ0) is 16.1. The number of carbonyl (C=O) groups excluding carboxylic acids is 2. The second-order valence-electron chi connectivity index (χ2n) is 6.07. The Kier molecular flexibility index (Phi) is 2.97. The van der Waals surface area contributed by atoms with Gasteiger partial charge in [-0.15, -0.1) is 5.10 Å². The van der Waals surface area contributed by atoms with Crippen molar-refractivity contribution in [2.75, 3.05) is 11.9 Å². The molecule has 9 heteroatoms. The van der Waals surface area contributed by atoms with Gasteiger partial charge in [-0.25, -0.2) is 9.67 Å². The number of carbonyl (C=O) groups is 2. The lowest BCUT2D eigenvalue weighted by molar-refractivity contribution is -0.119. The topological polar surface area (TPSA) is 123 Å². The average molecular weight is 315 g/mol. The molecule has 0 aromatic carbocycles. The van der Waals surface area contributed by atoms with E-state index in [9.17, 15) is 9.59 Å². The zero-order valence-corrected chi connectivity index (χ0v) is 12.7. The number of nitrogens with zero attached hydrogens (tertiary/aromatic N) is 5. The van der Waals surface area contributed by atoms with Crippen LogP contribution in [-0.4, -0.2) is 43.8 Å². The van der Waals surface area contributed by atoms with Gasteiger partial charge in [0.2, 0.25) is 11.7 Å². The molecule has 1 fully saturated rings. The molecule has 2 aliphatic rings. The second-order valence-corrected chi connectivity index (χ2v) is 6.07. The maximum Gasteiger partial charge on any atom is 0.288 e. The molecule has 3 heterocycles. The fraction of sp³-hybridized carbons (Fsp3) is 0.500. The lowest BCUT2D eigenvalue weighted by Gasteiger charge is -2.17. The highest BCUT2D eigenvalue weighted by Crippen LogP contribution is 2.41. The Morgan fingerprint density at radius 2 is 2.17 bits per heavy atom. The van der Waals surface area contributed by atoms with E-state index in [1.54, 1.807) is 11.9 Å². The van der Waals surface area contributed by atoms with Crippen molar-refractivity contribution < 1.29 is 9.59 Å². The summed E-state index contributed by atoms with van der Waals surface area (Å²) in [5, 5.41) is 11.0. The highest BCUT2D eigenvalue weighted by atomic mass is 16.2. The number of amides is 2. The number of aromatic nitrogens is 5. The Morgan fingerprint density at radius 3 is 2.83 bits per heavy atom. The molecule has 23 heavy (non-hydrogen) atoms. The molecule has 0 unspecified atom stereocenters. The van der Waals surface area contributed by atoms with E-state index in [0.717, 1.165) is 11.5 Å². The molecule has 120 valence electrons. The van der Waals surface area contributed by atoms with Crippen molar-refractivity contribution in [3.8, 4) is 0 Å². The van der Waals surface area contributed by atoms with Crippen molar-refractivity contribution in [1.29, 1.82) is 0 Å². The summed E-state index contributed by atoms with van der Waals surface area (Å²) in [6, 6.07) is 1.99. The predicted molar refractivity (Wildman–Crippen MR) is 79.9 cm³/mol. The number of hydrogen-bond donors (Lipinski definition) is 2. The van der Waals surface area contributed by atoms with Crippen LogP contribution in [0.2, 0.25) is 0 Å². The molecule has 0 spiro atoms. The van der Waals surface area contributed by atoms with Crippen LogP contribution in [0.3, 0.4) is 0 Å². The third-order valence-corrected chi connectivity index (χ3v) is 4.43. The van der Waals surface area contributed by atoms with Crippen LogP contribution in [-0.2, 0) is 11.3 Å². The Hall–Kier alpha value is -2.71. The largest absolute Gasteiger partial charge is 0.363 e. The van der Waals surface area contributed by atoms with Crippen molar-refractivity contribution in [2.24, 2.45) is 5.73 Å². The molecule has 1 atom stereocenters. The van der Waals surface area contributed by atoms with E-state index < -0.39 is 11.8 Å². The van der Waals surface area contributed by atoms with Crippen LogP contribution in [0.25, 0.3) is 0 Å². The minimum Gasteiger partial charge on any atom is -0.363 e. The van der Waals surface area contributed by atoms with Gasteiger partial charge in [0.1, 0.15) is 11.6 Å². The molecule has 2 aromatic heterocycles. The summed E-state index contributed by atoms with van der Waals surface area (Å²) in [5.74, 6) is 0.293. The van der Waals surface area contributed by atoms with Crippen LogP contribution >= 0.6 is 0 Å². The monoisotopic (exact) mass is 315 g/mol. The van der Waals surface area contributed by atoms with E-state index in [0.29, 0.717) is 24.7 Å². The molecule has 1 aliphatic heterocycles. The third kappa shape index (κ3) is 2.28. The van der Waals surface area contributed by atoms with Gasteiger partial charge < -0.3 is 5.73 Å². The molecular weight excluding hydrogens is 298 g/mol. The van der Waals surface area contributed by atoms with Gasteiger partial charge in [-0.05, 0) is 19.3 Å². The van der Waals surface area contributed by atoms with Gasteiger partial charge in [-0.3, -0.25) is 19.6 Å². The van der Waals surface area contributed by atoms with Crippen molar-refractivity contribution >= 4 is 17.6 Å². The Bertz CT molecular complexity index is 789. The van der Waals surface area contributed by atoms with E-state index in [1.165, 1.54) is 12.8 Å². The summed E-state index contributed by atoms with van der Waals surface area (Å²) in [7, 11) is 1.73. The number of H-pyrrole nitrogens is 1. The van der Waals surface area contributed by atoms with Gasteiger partial charge >= 0.3 is 0 Å². The standard InChI is InChI=1S/C14H17N7O2/c1-20-10-6-9(7-2-3-7)19-21(10)5-4-8(14(20)23)12-16-13(11(15)22)18-17-12/h6-8H,2-5H2,1H3,(H2,15,22)(H,16,17,18)/t8-/m0/s1.